The average Bonchev–Trinajstić information content (AvgIpc) is 2.36. The summed E-state index contributed by atoms with van der Waals surface area (Å²) in [5.74, 6) is -0.128. The molecule has 0 heterocycles. The first kappa shape index (κ1) is 14.7. The number of amides is 1. The Balaban J connectivity index is 2.52. The van der Waals surface area contributed by atoms with Crippen LogP contribution in [0.25, 0.3) is 0 Å². The van der Waals surface area contributed by atoms with Gasteiger partial charge in [0.15, 0.2) is 0 Å². The van der Waals surface area contributed by atoms with Crippen LogP contribution in [-0.4, -0.2) is 24.5 Å². The smallest absolute Gasteiger partial charge is 0.233 e. The van der Waals surface area contributed by atoms with E-state index in [2.05, 4.69) is 43.5 Å². The second-order valence-electron chi connectivity index (χ2n) is 5.14. The number of rotatable bonds is 6. The lowest BCUT2D eigenvalue weighted by molar-refractivity contribution is -0.120. The van der Waals surface area contributed by atoms with E-state index in [9.17, 15) is 4.79 Å². The van der Waals surface area contributed by atoms with Gasteiger partial charge in [-0.1, -0.05) is 30.3 Å². The molecule has 0 aliphatic heterocycles. The lowest BCUT2D eigenvalue weighted by Gasteiger charge is -2.30. The van der Waals surface area contributed by atoms with Crippen molar-refractivity contribution < 1.29 is 4.79 Å². The molecule has 18 heavy (non-hydrogen) atoms. The van der Waals surface area contributed by atoms with E-state index in [0.717, 1.165) is 0 Å². The molecule has 0 aliphatic rings. The van der Waals surface area contributed by atoms with Gasteiger partial charge in [0.2, 0.25) is 5.91 Å². The van der Waals surface area contributed by atoms with Crippen LogP contribution in [0.2, 0.25) is 0 Å². The molecule has 0 spiro atoms. The molecule has 0 bridgehead atoms. The Morgan fingerprint density at radius 1 is 1.33 bits per heavy atom. The van der Waals surface area contributed by atoms with E-state index >= 15 is 0 Å². The van der Waals surface area contributed by atoms with Crippen molar-refractivity contribution in [2.45, 2.75) is 32.4 Å². The quantitative estimate of drug-likeness (QED) is 0.709. The van der Waals surface area contributed by atoms with Crippen LogP contribution in [0.5, 0.6) is 0 Å². The van der Waals surface area contributed by atoms with Gasteiger partial charge in [-0.25, -0.2) is 0 Å². The lowest BCUT2D eigenvalue weighted by Crippen LogP contribution is -2.50. The zero-order valence-corrected chi connectivity index (χ0v) is 11.4. The summed E-state index contributed by atoms with van der Waals surface area (Å²) in [6.07, 6.45) is 0. The van der Waals surface area contributed by atoms with Gasteiger partial charge < -0.3 is 16.4 Å². The minimum atomic E-state index is -0.180. The van der Waals surface area contributed by atoms with Crippen LogP contribution in [0.1, 0.15) is 32.4 Å². The number of carbonyl (C=O) groups excluding carboxylic acids is 1. The molecular formula is C14H23N3O. The van der Waals surface area contributed by atoms with E-state index in [4.69, 9.17) is 5.73 Å². The third-order valence-corrected chi connectivity index (χ3v) is 2.82. The van der Waals surface area contributed by atoms with Crippen molar-refractivity contribution in [1.29, 1.82) is 0 Å². The van der Waals surface area contributed by atoms with Crippen LogP contribution in [0.3, 0.4) is 0 Å². The predicted octanol–water partition coefficient (Wildman–Crippen LogP) is 1.19. The van der Waals surface area contributed by atoms with Crippen molar-refractivity contribution in [3.8, 4) is 0 Å². The summed E-state index contributed by atoms with van der Waals surface area (Å²) >= 11 is 0. The van der Waals surface area contributed by atoms with Gasteiger partial charge in [-0.05, 0) is 26.3 Å². The molecule has 1 rings (SSSR count). The van der Waals surface area contributed by atoms with Crippen LogP contribution >= 0.6 is 0 Å². The highest BCUT2D eigenvalue weighted by Gasteiger charge is 2.21. The summed E-state index contributed by atoms with van der Waals surface area (Å²) in [5, 5.41) is 6.30. The van der Waals surface area contributed by atoms with Gasteiger partial charge in [0, 0.05) is 18.1 Å². The van der Waals surface area contributed by atoms with Crippen LogP contribution in [0, 0.1) is 0 Å². The fourth-order valence-electron chi connectivity index (χ4n) is 1.85. The molecular weight excluding hydrogens is 226 g/mol. The van der Waals surface area contributed by atoms with Gasteiger partial charge in [-0.2, -0.15) is 0 Å². The van der Waals surface area contributed by atoms with Gasteiger partial charge in [0.05, 0.1) is 6.54 Å². The largest absolute Gasteiger partial charge is 0.353 e. The maximum absolute atomic E-state index is 11.2. The van der Waals surface area contributed by atoms with Crippen LogP contribution in [-0.2, 0) is 4.79 Å². The van der Waals surface area contributed by atoms with Crippen LogP contribution in [0.15, 0.2) is 30.3 Å². The van der Waals surface area contributed by atoms with E-state index in [0.29, 0.717) is 6.54 Å². The molecule has 0 saturated heterocycles. The summed E-state index contributed by atoms with van der Waals surface area (Å²) in [4.78, 5) is 11.2. The Hall–Kier alpha value is -1.39. The zero-order valence-electron chi connectivity index (χ0n) is 11.4. The number of hydrogen-bond acceptors (Lipinski definition) is 3. The molecule has 1 unspecified atom stereocenters. The molecule has 4 N–H and O–H groups in total. The van der Waals surface area contributed by atoms with E-state index < -0.39 is 0 Å². The van der Waals surface area contributed by atoms with Gasteiger partial charge in [-0.3, -0.25) is 4.79 Å². The molecule has 1 aromatic carbocycles. The predicted molar refractivity (Wildman–Crippen MR) is 74.1 cm³/mol. The molecule has 4 heteroatoms. The first-order chi connectivity index (χ1) is 8.44. The summed E-state index contributed by atoms with van der Waals surface area (Å²) in [6.45, 7) is 6.82. The second-order valence-corrected chi connectivity index (χ2v) is 5.14. The summed E-state index contributed by atoms with van der Waals surface area (Å²) in [7, 11) is 0. The monoisotopic (exact) mass is 249 g/mol. The third kappa shape index (κ3) is 4.85. The number of nitrogens with one attached hydrogen (secondary N) is 2. The number of nitrogens with two attached hydrogens (primary N) is 1. The SMILES string of the molecule is CC(NC(C)(C)CNC(=O)CN)c1ccccc1. The Morgan fingerprint density at radius 3 is 2.50 bits per heavy atom. The fourth-order valence-corrected chi connectivity index (χ4v) is 1.85. The molecule has 1 atom stereocenters. The first-order valence-electron chi connectivity index (χ1n) is 6.24. The third-order valence-electron chi connectivity index (χ3n) is 2.82. The van der Waals surface area contributed by atoms with Crippen molar-refractivity contribution in [2.24, 2.45) is 5.73 Å². The Bertz CT molecular complexity index is 376. The number of carbonyl (C=O) groups is 1. The highest BCUT2D eigenvalue weighted by Crippen LogP contribution is 2.15. The molecule has 1 aromatic rings. The van der Waals surface area contributed by atoms with E-state index in [1.807, 2.05) is 18.2 Å². The van der Waals surface area contributed by atoms with Crippen molar-refractivity contribution in [1.82, 2.24) is 10.6 Å². The van der Waals surface area contributed by atoms with Gasteiger partial charge in [0.1, 0.15) is 0 Å². The van der Waals surface area contributed by atoms with Gasteiger partial charge in [-0.15, -0.1) is 0 Å². The summed E-state index contributed by atoms with van der Waals surface area (Å²) in [6, 6.07) is 10.5. The second kappa shape index (κ2) is 6.52. The van der Waals surface area contributed by atoms with Crippen molar-refractivity contribution >= 4 is 5.91 Å². The fraction of sp³-hybridized carbons (Fsp3) is 0.500. The number of hydrogen-bond donors (Lipinski definition) is 3. The molecule has 1 amide bonds. The Labute approximate surface area is 109 Å². The van der Waals surface area contributed by atoms with E-state index in [-0.39, 0.29) is 24.0 Å². The molecule has 4 nitrogen and oxygen atoms in total. The first-order valence-corrected chi connectivity index (χ1v) is 6.24. The molecule has 0 saturated carbocycles. The van der Waals surface area contributed by atoms with Crippen molar-refractivity contribution in [3.63, 3.8) is 0 Å². The molecule has 0 radical (unpaired) electrons. The maximum atomic E-state index is 11.2. The van der Waals surface area contributed by atoms with Crippen LogP contribution in [0.4, 0.5) is 0 Å². The summed E-state index contributed by atoms with van der Waals surface area (Å²) in [5.41, 5.74) is 6.31. The number of benzene rings is 1. The van der Waals surface area contributed by atoms with Gasteiger partial charge in [0.25, 0.3) is 0 Å². The average molecular weight is 249 g/mol. The minimum Gasteiger partial charge on any atom is -0.353 e. The maximum Gasteiger partial charge on any atom is 0.233 e. The highest BCUT2D eigenvalue weighted by atomic mass is 16.1. The van der Waals surface area contributed by atoms with Gasteiger partial charge >= 0.3 is 0 Å². The molecule has 0 fully saturated rings. The van der Waals surface area contributed by atoms with Crippen LogP contribution < -0.4 is 16.4 Å². The molecule has 100 valence electrons. The minimum absolute atomic E-state index is 0.0321. The van der Waals surface area contributed by atoms with Crippen molar-refractivity contribution in [3.05, 3.63) is 35.9 Å². The Kier molecular flexibility index (Phi) is 5.31. The normalized spacial score (nSPS) is 13.1. The Morgan fingerprint density at radius 2 is 1.94 bits per heavy atom. The summed E-state index contributed by atoms with van der Waals surface area (Å²) < 4.78 is 0. The molecule has 0 aromatic heterocycles. The highest BCUT2D eigenvalue weighted by molar-refractivity contribution is 5.77. The zero-order chi connectivity index (χ0) is 13.6. The lowest BCUT2D eigenvalue weighted by atomic mass is 10.0. The standard InChI is InChI=1S/C14H23N3O/c1-11(12-7-5-4-6-8-12)17-14(2,3)10-16-13(18)9-15/h4-8,11,17H,9-10,15H2,1-3H3,(H,16,18). The topological polar surface area (TPSA) is 67.1 Å². The molecule has 0 aliphatic carbocycles. The van der Waals surface area contributed by atoms with Crippen molar-refractivity contribution in [2.75, 3.05) is 13.1 Å². The van der Waals surface area contributed by atoms with E-state index in [1.54, 1.807) is 0 Å². The van der Waals surface area contributed by atoms with E-state index in [1.165, 1.54) is 5.56 Å².